The van der Waals surface area contributed by atoms with Gasteiger partial charge in [-0.3, -0.25) is 0 Å². The van der Waals surface area contributed by atoms with Crippen LogP contribution in [0.1, 0.15) is 39.5 Å². The summed E-state index contributed by atoms with van der Waals surface area (Å²) in [7, 11) is 0. The van der Waals surface area contributed by atoms with Crippen LogP contribution in [0, 0.1) is 5.92 Å². The maximum absolute atomic E-state index is 9.16. The van der Waals surface area contributed by atoms with Gasteiger partial charge in [-0.05, 0) is 32.1 Å². The van der Waals surface area contributed by atoms with Crippen molar-refractivity contribution in [2.45, 2.75) is 45.6 Å². The van der Waals surface area contributed by atoms with Gasteiger partial charge in [-0.25, -0.2) is 0 Å². The van der Waals surface area contributed by atoms with Gasteiger partial charge in [0.05, 0.1) is 6.10 Å². The molecule has 0 bridgehead atoms. The maximum Gasteiger partial charge on any atom is 0.0537 e. The quantitative estimate of drug-likeness (QED) is 0.463. The molecule has 11 heavy (non-hydrogen) atoms. The summed E-state index contributed by atoms with van der Waals surface area (Å²) in [5.74, 6) is 0.444. The molecular formula is C10H20O. The van der Waals surface area contributed by atoms with Gasteiger partial charge in [0.15, 0.2) is 0 Å². The highest BCUT2D eigenvalue weighted by atomic mass is 16.3. The topological polar surface area (TPSA) is 20.2 Å². The van der Waals surface area contributed by atoms with Crippen LogP contribution >= 0.6 is 0 Å². The molecule has 0 fully saturated rings. The lowest BCUT2D eigenvalue weighted by Gasteiger charge is -2.13. The van der Waals surface area contributed by atoms with E-state index in [1.165, 1.54) is 12.8 Å². The highest BCUT2D eigenvalue weighted by molar-refractivity contribution is 4.66. The predicted molar refractivity (Wildman–Crippen MR) is 49.5 cm³/mol. The van der Waals surface area contributed by atoms with Crippen LogP contribution < -0.4 is 0 Å². The molecule has 0 radical (unpaired) electrons. The molecule has 0 aromatic heterocycles. The largest absolute Gasteiger partial charge is 0.393 e. The molecule has 1 heteroatoms. The van der Waals surface area contributed by atoms with Gasteiger partial charge in [-0.2, -0.15) is 0 Å². The van der Waals surface area contributed by atoms with Crippen molar-refractivity contribution in [2.24, 2.45) is 5.92 Å². The van der Waals surface area contributed by atoms with Crippen LogP contribution in [0.3, 0.4) is 0 Å². The van der Waals surface area contributed by atoms with Crippen molar-refractivity contribution in [3.8, 4) is 0 Å². The summed E-state index contributed by atoms with van der Waals surface area (Å²) in [6.45, 7) is 7.62. The molecule has 0 saturated heterocycles. The van der Waals surface area contributed by atoms with Crippen LogP contribution in [0.4, 0.5) is 0 Å². The first-order valence-corrected chi connectivity index (χ1v) is 4.47. The van der Waals surface area contributed by atoms with Crippen molar-refractivity contribution in [3.05, 3.63) is 12.7 Å². The molecule has 0 amide bonds. The molecule has 0 aromatic carbocycles. The van der Waals surface area contributed by atoms with Crippen molar-refractivity contribution in [2.75, 3.05) is 0 Å². The Morgan fingerprint density at radius 3 is 2.45 bits per heavy atom. The highest BCUT2D eigenvalue weighted by Gasteiger charge is 2.06. The van der Waals surface area contributed by atoms with E-state index in [-0.39, 0.29) is 6.10 Å². The summed E-state index contributed by atoms with van der Waals surface area (Å²) in [6, 6.07) is 0. The summed E-state index contributed by atoms with van der Waals surface area (Å²) in [5.41, 5.74) is 0. The second-order valence-electron chi connectivity index (χ2n) is 3.29. The minimum atomic E-state index is -0.154. The molecule has 1 nitrogen and oxygen atoms in total. The summed E-state index contributed by atoms with van der Waals surface area (Å²) < 4.78 is 0. The van der Waals surface area contributed by atoms with Crippen molar-refractivity contribution in [1.29, 1.82) is 0 Å². The fraction of sp³-hybridized carbons (Fsp3) is 0.800. The predicted octanol–water partition coefficient (Wildman–Crippen LogP) is 2.75. The summed E-state index contributed by atoms with van der Waals surface area (Å²) >= 11 is 0. The Bertz CT molecular complexity index is 97.0. The molecule has 0 aliphatic carbocycles. The van der Waals surface area contributed by atoms with Crippen LogP contribution in [0.2, 0.25) is 0 Å². The smallest absolute Gasteiger partial charge is 0.0537 e. The van der Waals surface area contributed by atoms with E-state index in [0.717, 1.165) is 12.8 Å². The maximum atomic E-state index is 9.16. The third kappa shape index (κ3) is 6.11. The van der Waals surface area contributed by atoms with E-state index >= 15 is 0 Å². The van der Waals surface area contributed by atoms with Crippen molar-refractivity contribution >= 4 is 0 Å². The van der Waals surface area contributed by atoms with E-state index < -0.39 is 0 Å². The molecule has 1 N–H and O–H groups in total. The fourth-order valence-electron chi connectivity index (χ4n) is 0.996. The Hall–Kier alpha value is -0.300. The average molecular weight is 156 g/mol. The van der Waals surface area contributed by atoms with Crippen LogP contribution in [-0.2, 0) is 0 Å². The molecular weight excluding hydrogens is 136 g/mol. The van der Waals surface area contributed by atoms with Crippen LogP contribution in [0.25, 0.3) is 0 Å². The Morgan fingerprint density at radius 1 is 1.36 bits per heavy atom. The van der Waals surface area contributed by atoms with Gasteiger partial charge < -0.3 is 5.11 Å². The monoisotopic (exact) mass is 156 g/mol. The summed E-state index contributed by atoms with van der Waals surface area (Å²) in [4.78, 5) is 0. The first-order chi connectivity index (χ1) is 5.18. The Balaban J connectivity index is 3.17. The van der Waals surface area contributed by atoms with Crippen molar-refractivity contribution < 1.29 is 5.11 Å². The van der Waals surface area contributed by atoms with E-state index in [0.29, 0.717) is 5.92 Å². The van der Waals surface area contributed by atoms with Crippen molar-refractivity contribution in [1.82, 2.24) is 0 Å². The standard InChI is InChI=1S/C10H20O/c1-4-5-6-7-8-9(2)10(3)11/h4,9-11H,1,5-8H2,2-3H3. The van der Waals surface area contributed by atoms with Crippen LogP contribution in [-0.4, -0.2) is 11.2 Å². The van der Waals surface area contributed by atoms with Gasteiger partial charge in [0, 0.05) is 0 Å². The number of hydrogen-bond donors (Lipinski definition) is 1. The van der Waals surface area contributed by atoms with E-state index in [1.54, 1.807) is 0 Å². The van der Waals surface area contributed by atoms with E-state index in [2.05, 4.69) is 13.5 Å². The number of hydrogen-bond acceptors (Lipinski definition) is 1. The fourth-order valence-corrected chi connectivity index (χ4v) is 0.996. The van der Waals surface area contributed by atoms with Gasteiger partial charge in [-0.15, -0.1) is 6.58 Å². The first-order valence-electron chi connectivity index (χ1n) is 4.47. The second kappa shape index (κ2) is 6.41. The molecule has 0 aliphatic rings. The Morgan fingerprint density at radius 2 is 2.00 bits per heavy atom. The molecule has 66 valence electrons. The molecule has 2 unspecified atom stereocenters. The lowest BCUT2D eigenvalue weighted by atomic mass is 9.99. The van der Waals surface area contributed by atoms with Crippen molar-refractivity contribution in [3.63, 3.8) is 0 Å². The number of allylic oxidation sites excluding steroid dienone is 1. The SMILES string of the molecule is C=CCCCCC(C)C(C)O. The summed E-state index contributed by atoms with van der Waals surface area (Å²) in [5, 5.41) is 9.16. The van der Waals surface area contributed by atoms with E-state index in [9.17, 15) is 0 Å². The van der Waals surface area contributed by atoms with Gasteiger partial charge in [0.1, 0.15) is 0 Å². The van der Waals surface area contributed by atoms with Gasteiger partial charge in [0.2, 0.25) is 0 Å². The minimum absolute atomic E-state index is 0.154. The normalized spacial score (nSPS) is 15.9. The zero-order chi connectivity index (χ0) is 8.69. The first kappa shape index (κ1) is 10.7. The molecule has 0 spiro atoms. The molecule has 0 rings (SSSR count). The number of unbranched alkanes of at least 4 members (excludes halogenated alkanes) is 2. The van der Waals surface area contributed by atoms with E-state index in [4.69, 9.17) is 5.11 Å². The van der Waals surface area contributed by atoms with Crippen LogP contribution in [0.15, 0.2) is 12.7 Å². The van der Waals surface area contributed by atoms with Gasteiger partial charge in [-0.1, -0.05) is 19.4 Å². The van der Waals surface area contributed by atoms with E-state index in [1.807, 2.05) is 13.0 Å². The third-order valence-corrected chi connectivity index (χ3v) is 2.14. The number of rotatable bonds is 6. The van der Waals surface area contributed by atoms with Gasteiger partial charge in [0.25, 0.3) is 0 Å². The lowest BCUT2D eigenvalue weighted by Crippen LogP contribution is -2.12. The molecule has 0 saturated carbocycles. The molecule has 0 aromatic rings. The Kier molecular flexibility index (Phi) is 6.24. The number of aliphatic hydroxyl groups is 1. The highest BCUT2D eigenvalue weighted by Crippen LogP contribution is 2.12. The lowest BCUT2D eigenvalue weighted by molar-refractivity contribution is 0.128. The molecule has 0 heterocycles. The van der Waals surface area contributed by atoms with Gasteiger partial charge >= 0.3 is 0 Å². The third-order valence-electron chi connectivity index (χ3n) is 2.14. The number of aliphatic hydroxyl groups excluding tert-OH is 1. The Labute approximate surface area is 70.1 Å². The minimum Gasteiger partial charge on any atom is -0.393 e. The molecule has 0 aliphatic heterocycles. The zero-order valence-corrected chi connectivity index (χ0v) is 7.71. The second-order valence-corrected chi connectivity index (χ2v) is 3.29. The van der Waals surface area contributed by atoms with Crippen LogP contribution in [0.5, 0.6) is 0 Å². The molecule has 2 atom stereocenters. The zero-order valence-electron chi connectivity index (χ0n) is 7.71. The summed E-state index contributed by atoms with van der Waals surface area (Å²) in [6.07, 6.45) is 6.45. The average Bonchev–Trinajstić information content (AvgIpc) is 1.97.